The summed E-state index contributed by atoms with van der Waals surface area (Å²) in [6.45, 7) is 6.57. The van der Waals surface area contributed by atoms with Crippen molar-refractivity contribution in [2.75, 3.05) is 5.32 Å². The maximum Gasteiger partial charge on any atom is 0.0555 e. The van der Waals surface area contributed by atoms with Crippen LogP contribution in [0.2, 0.25) is 0 Å². The number of rotatable bonds is 2. The van der Waals surface area contributed by atoms with Gasteiger partial charge in [-0.05, 0) is 48.9 Å². The molecule has 0 aromatic heterocycles. The van der Waals surface area contributed by atoms with Crippen molar-refractivity contribution in [3.05, 3.63) is 64.2 Å². The molecule has 0 aliphatic carbocycles. The molecule has 19 heavy (non-hydrogen) atoms. The van der Waals surface area contributed by atoms with Gasteiger partial charge in [-0.1, -0.05) is 48.9 Å². The van der Waals surface area contributed by atoms with Crippen LogP contribution in [0, 0.1) is 13.8 Å². The van der Waals surface area contributed by atoms with Crippen molar-refractivity contribution in [3.8, 4) is 0 Å². The van der Waals surface area contributed by atoms with Gasteiger partial charge in [-0.3, -0.25) is 0 Å². The molecule has 0 saturated carbocycles. The molecule has 1 atom stereocenters. The minimum absolute atomic E-state index is 0.432. The van der Waals surface area contributed by atoms with Crippen LogP contribution in [0.1, 0.15) is 40.8 Å². The highest BCUT2D eigenvalue weighted by atomic mass is 15.0. The summed E-state index contributed by atoms with van der Waals surface area (Å²) in [6.07, 6.45) is 2.21. The first-order valence-electron chi connectivity index (χ1n) is 7.13. The van der Waals surface area contributed by atoms with Crippen LogP contribution >= 0.6 is 0 Å². The fraction of sp³-hybridized carbons (Fsp3) is 0.333. The van der Waals surface area contributed by atoms with Crippen molar-refractivity contribution in [1.82, 2.24) is 0 Å². The van der Waals surface area contributed by atoms with Crippen LogP contribution in [-0.4, -0.2) is 0 Å². The van der Waals surface area contributed by atoms with Crippen LogP contribution in [0.25, 0.3) is 0 Å². The first-order valence-corrected chi connectivity index (χ1v) is 7.13. The second-order valence-corrected chi connectivity index (χ2v) is 5.61. The smallest absolute Gasteiger partial charge is 0.0555 e. The fourth-order valence-corrected chi connectivity index (χ4v) is 3.06. The largest absolute Gasteiger partial charge is 0.377 e. The molecular weight excluding hydrogens is 230 g/mol. The van der Waals surface area contributed by atoms with E-state index in [0.29, 0.717) is 6.04 Å². The number of benzene rings is 2. The first kappa shape index (κ1) is 12.3. The number of fused-ring (bicyclic) bond motifs is 1. The predicted octanol–water partition coefficient (Wildman–Crippen LogP) is 4.58. The summed E-state index contributed by atoms with van der Waals surface area (Å²) >= 11 is 0. The van der Waals surface area contributed by atoms with Crippen molar-refractivity contribution in [2.24, 2.45) is 0 Å². The molecule has 98 valence electrons. The molecule has 0 spiro atoms. The maximum absolute atomic E-state index is 3.68. The molecule has 0 fully saturated rings. The number of anilines is 1. The van der Waals surface area contributed by atoms with Crippen molar-refractivity contribution in [3.63, 3.8) is 0 Å². The summed E-state index contributed by atoms with van der Waals surface area (Å²) < 4.78 is 0. The zero-order valence-corrected chi connectivity index (χ0v) is 12.0. The van der Waals surface area contributed by atoms with E-state index in [1.165, 1.54) is 33.5 Å². The molecule has 1 unspecified atom stereocenters. The van der Waals surface area contributed by atoms with Gasteiger partial charge in [0.1, 0.15) is 0 Å². The Bertz CT molecular complexity index is 596. The Kier molecular flexibility index (Phi) is 3.06. The van der Waals surface area contributed by atoms with E-state index in [4.69, 9.17) is 0 Å². The molecule has 1 N–H and O–H groups in total. The number of hydrogen-bond donors (Lipinski definition) is 1. The lowest BCUT2D eigenvalue weighted by Crippen LogP contribution is -2.05. The van der Waals surface area contributed by atoms with Gasteiger partial charge in [0, 0.05) is 5.69 Å². The van der Waals surface area contributed by atoms with Crippen LogP contribution in [0.4, 0.5) is 5.69 Å². The van der Waals surface area contributed by atoms with Crippen molar-refractivity contribution >= 4 is 5.69 Å². The molecular formula is C18H21N. The van der Waals surface area contributed by atoms with Crippen molar-refractivity contribution in [1.29, 1.82) is 0 Å². The van der Waals surface area contributed by atoms with Crippen LogP contribution in [0.5, 0.6) is 0 Å². The third-order valence-corrected chi connectivity index (χ3v) is 4.09. The molecule has 1 nitrogen and oxygen atoms in total. The van der Waals surface area contributed by atoms with Gasteiger partial charge in [-0.15, -0.1) is 0 Å². The molecule has 2 aromatic rings. The first-order chi connectivity index (χ1) is 9.17. The normalized spacial score (nSPS) is 17.1. The maximum atomic E-state index is 3.68. The van der Waals surface area contributed by atoms with Gasteiger partial charge in [-0.2, -0.15) is 0 Å². The Morgan fingerprint density at radius 3 is 2.53 bits per heavy atom. The van der Waals surface area contributed by atoms with E-state index >= 15 is 0 Å². The summed E-state index contributed by atoms with van der Waals surface area (Å²) in [5.41, 5.74) is 8.33. The molecule has 0 amide bonds. The molecule has 3 rings (SSSR count). The van der Waals surface area contributed by atoms with E-state index < -0.39 is 0 Å². The number of hydrogen-bond acceptors (Lipinski definition) is 1. The van der Waals surface area contributed by atoms with E-state index in [-0.39, 0.29) is 0 Å². The van der Waals surface area contributed by atoms with E-state index in [1.807, 2.05) is 0 Å². The standard InChI is InChI=1S/C18H21N/c1-4-14-5-7-15(8-6-14)17-11-16-10-12(2)9-13(3)18(16)19-17/h5-10,17,19H,4,11H2,1-3H3. The Labute approximate surface area is 115 Å². The monoisotopic (exact) mass is 251 g/mol. The van der Waals surface area contributed by atoms with Crippen molar-refractivity contribution in [2.45, 2.75) is 39.7 Å². The molecule has 0 bridgehead atoms. The highest BCUT2D eigenvalue weighted by molar-refractivity contribution is 5.64. The summed E-state index contributed by atoms with van der Waals surface area (Å²) in [5.74, 6) is 0. The predicted molar refractivity (Wildman–Crippen MR) is 81.8 cm³/mol. The molecule has 1 aliphatic rings. The Balaban J connectivity index is 1.88. The van der Waals surface area contributed by atoms with Crippen LogP contribution in [-0.2, 0) is 12.8 Å². The third-order valence-electron chi connectivity index (χ3n) is 4.09. The van der Waals surface area contributed by atoms with Crippen LogP contribution in [0.3, 0.4) is 0 Å². The van der Waals surface area contributed by atoms with Gasteiger partial charge in [0.15, 0.2) is 0 Å². The highest BCUT2D eigenvalue weighted by Gasteiger charge is 2.23. The molecule has 1 heterocycles. The van der Waals surface area contributed by atoms with E-state index in [1.54, 1.807) is 0 Å². The van der Waals surface area contributed by atoms with E-state index in [9.17, 15) is 0 Å². The number of aryl methyl sites for hydroxylation is 3. The molecule has 0 saturated heterocycles. The lowest BCUT2D eigenvalue weighted by molar-refractivity contribution is 0.822. The second-order valence-electron chi connectivity index (χ2n) is 5.61. The Morgan fingerprint density at radius 1 is 1.11 bits per heavy atom. The SMILES string of the molecule is CCc1ccc(C2Cc3cc(C)cc(C)c3N2)cc1. The molecule has 1 heteroatoms. The summed E-state index contributed by atoms with van der Waals surface area (Å²) in [7, 11) is 0. The fourth-order valence-electron chi connectivity index (χ4n) is 3.06. The summed E-state index contributed by atoms with van der Waals surface area (Å²) in [6, 6.07) is 14.0. The number of nitrogens with one attached hydrogen (secondary N) is 1. The van der Waals surface area contributed by atoms with Gasteiger partial charge < -0.3 is 5.32 Å². The van der Waals surface area contributed by atoms with E-state index in [2.05, 4.69) is 62.5 Å². The van der Waals surface area contributed by atoms with E-state index in [0.717, 1.165) is 12.8 Å². The molecule has 0 radical (unpaired) electrons. The van der Waals surface area contributed by atoms with Gasteiger partial charge in [-0.25, -0.2) is 0 Å². The minimum atomic E-state index is 0.432. The zero-order chi connectivity index (χ0) is 13.4. The zero-order valence-electron chi connectivity index (χ0n) is 12.0. The Hall–Kier alpha value is -1.76. The average molecular weight is 251 g/mol. The van der Waals surface area contributed by atoms with Gasteiger partial charge in [0.05, 0.1) is 6.04 Å². The van der Waals surface area contributed by atoms with Gasteiger partial charge >= 0.3 is 0 Å². The lowest BCUT2D eigenvalue weighted by atomic mass is 9.99. The van der Waals surface area contributed by atoms with Crippen molar-refractivity contribution < 1.29 is 0 Å². The second kappa shape index (κ2) is 4.73. The topological polar surface area (TPSA) is 12.0 Å². The van der Waals surface area contributed by atoms with Gasteiger partial charge in [0.2, 0.25) is 0 Å². The summed E-state index contributed by atoms with van der Waals surface area (Å²) in [4.78, 5) is 0. The lowest BCUT2D eigenvalue weighted by Gasteiger charge is -2.13. The highest BCUT2D eigenvalue weighted by Crippen LogP contribution is 2.37. The third kappa shape index (κ3) is 2.25. The quantitative estimate of drug-likeness (QED) is 0.824. The minimum Gasteiger partial charge on any atom is -0.377 e. The molecule has 2 aromatic carbocycles. The Morgan fingerprint density at radius 2 is 1.84 bits per heavy atom. The van der Waals surface area contributed by atoms with Crippen LogP contribution in [0.15, 0.2) is 36.4 Å². The summed E-state index contributed by atoms with van der Waals surface area (Å²) in [5, 5.41) is 3.68. The average Bonchev–Trinajstić information content (AvgIpc) is 2.83. The molecule has 1 aliphatic heterocycles. The van der Waals surface area contributed by atoms with Crippen LogP contribution < -0.4 is 5.32 Å². The van der Waals surface area contributed by atoms with Gasteiger partial charge in [0.25, 0.3) is 0 Å².